The Hall–Kier alpha value is -0.630. The standard InChI is InChI=1S/C5H9NO3/c1-2-4(3-6)5(7,8)9/h4,7-9H,2H2,1H3. The van der Waals surface area contributed by atoms with Gasteiger partial charge in [0.25, 0.3) is 5.97 Å². The van der Waals surface area contributed by atoms with E-state index in [-0.39, 0.29) is 6.42 Å². The molecule has 9 heavy (non-hydrogen) atoms. The predicted octanol–water partition coefficient (Wildman–Crippen LogP) is -0.833. The van der Waals surface area contributed by atoms with E-state index < -0.39 is 11.9 Å². The molecule has 0 rings (SSSR count). The molecule has 1 unspecified atom stereocenters. The molecule has 0 aromatic heterocycles. The predicted molar refractivity (Wildman–Crippen MR) is 28.8 cm³/mol. The lowest BCUT2D eigenvalue weighted by Crippen LogP contribution is -2.35. The van der Waals surface area contributed by atoms with Crippen LogP contribution in [0.3, 0.4) is 0 Å². The van der Waals surface area contributed by atoms with E-state index in [1.807, 2.05) is 0 Å². The number of nitrogens with zero attached hydrogens (tertiary/aromatic N) is 1. The third-order valence-electron chi connectivity index (χ3n) is 1.03. The summed E-state index contributed by atoms with van der Waals surface area (Å²) in [6.45, 7) is 1.57. The number of rotatable bonds is 2. The number of hydrogen-bond acceptors (Lipinski definition) is 4. The Morgan fingerprint density at radius 1 is 1.56 bits per heavy atom. The first-order valence-electron chi connectivity index (χ1n) is 2.59. The maximum atomic E-state index is 8.37. The Bertz CT molecular complexity index is 121. The first kappa shape index (κ1) is 8.37. The molecular weight excluding hydrogens is 122 g/mol. The summed E-state index contributed by atoms with van der Waals surface area (Å²) in [6, 6.07) is 1.54. The highest BCUT2D eigenvalue weighted by molar-refractivity contribution is 4.85. The molecule has 1 atom stereocenters. The molecule has 0 aliphatic carbocycles. The maximum Gasteiger partial charge on any atom is 0.292 e. The zero-order valence-electron chi connectivity index (χ0n) is 5.07. The van der Waals surface area contributed by atoms with Crippen LogP contribution in [-0.4, -0.2) is 21.3 Å². The zero-order chi connectivity index (χ0) is 7.49. The summed E-state index contributed by atoms with van der Waals surface area (Å²) in [5.74, 6) is -3.97. The number of hydrogen-bond donors (Lipinski definition) is 3. The summed E-state index contributed by atoms with van der Waals surface area (Å²) >= 11 is 0. The average Bonchev–Trinajstić information content (AvgIpc) is 1.65. The summed E-state index contributed by atoms with van der Waals surface area (Å²) in [4.78, 5) is 0. The van der Waals surface area contributed by atoms with Gasteiger partial charge in [-0.25, -0.2) is 0 Å². The first-order valence-corrected chi connectivity index (χ1v) is 2.59. The molecule has 0 saturated heterocycles. The summed E-state index contributed by atoms with van der Waals surface area (Å²) in [5, 5.41) is 33.2. The average molecular weight is 131 g/mol. The largest absolute Gasteiger partial charge is 0.343 e. The van der Waals surface area contributed by atoms with Crippen LogP contribution >= 0.6 is 0 Å². The minimum absolute atomic E-state index is 0.208. The van der Waals surface area contributed by atoms with Gasteiger partial charge in [-0.3, -0.25) is 0 Å². The van der Waals surface area contributed by atoms with Crippen LogP contribution in [0.15, 0.2) is 0 Å². The van der Waals surface area contributed by atoms with Gasteiger partial charge in [-0.05, 0) is 6.42 Å². The molecule has 0 aliphatic rings. The summed E-state index contributed by atoms with van der Waals surface area (Å²) in [7, 11) is 0. The molecule has 52 valence electrons. The lowest BCUT2D eigenvalue weighted by atomic mass is 10.1. The van der Waals surface area contributed by atoms with Crippen LogP contribution in [0.25, 0.3) is 0 Å². The van der Waals surface area contributed by atoms with E-state index in [0.717, 1.165) is 0 Å². The van der Waals surface area contributed by atoms with Crippen molar-refractivity contribution in [2.24, 2.45) is 5.92 Å². The van der Waals surface area contributed by atoms with Crippen molar-refractivity contribution >= 4 is 0 Å². The van der Waals surface area contributed by atoms with Crippen molar-refractivity contribution in [3.05, 3.63) is 0 Å². The first-order chi connectivity index (χ1) is 4.02. The molecule has 0 spiro atoms. The zero-order valence-corrected chi connectivity index (χ0v) is 5.07. The van der Waals surface area contributed by atoms with Gasteiger partial charge in [0.05, 0.1) is 6.07 Å². The van der Waals surface area contributed by atoms with Crippen molar-refractivity contribution < 1.29 is 15.3 Å². The van der Waals surface area contributed by atoms with Crippen LogP contribution in [0.5, 0.6) is 0 Å². The van der Waals surface area contributed by atoms with E-state index in [2.05, 4.69) is 0 Å². The third-order valence-corrected chi connectivity index (χ3v) is 1.03. The smallest absolute Gasteiger partial charge is 0.292 e. The van der Waals surface area contributed by atoms with Gasteiger partial charge in [-0.2, -0.15) is 5.26 Å². The van der Waals surface area contributed by atoms with Gasteiger partial charge >= 0.3 is 0 Å². The van der Waals surface area contributed by atoms with Gasteiger partial charge < -0.3 is 15.3 Å². The molecule has 0 amide bonds. The molecule has 0 fully saturated rings. The SMILES string of the molecule is CCC(C#N)C(O)(O)O. The fourth-order valence-corrected chi connectivity index (χ4v) is 0.452. The third kappa shape index (κ3) is 2.42. The minimum Gasteiger partial charge on any atom is -0.343 e. The molecule has 0 saturated carbocycles. The molecule has 0 aromatic carbocycles. The van der Waals surface area contributed by atoms with Gasteiger partial charge in [0, 0.05) is 0 Å². The lowest BCUT2D eigenvalue weighted by molar-refractivity contribution is -0.332. The topological polar surface area (TPSA) is 84.5 Å². The van der Waals surface area contributed by atoms with Crippen molar-refractivity contribution in [2.75, 3.05) is 0 Å². The minimum atomic E-state index is -2.84. The van der Waals surface area contributed by atoms with E-state index >= 15 is 0 Å². The van der Waals surface area contributed by atoms with Crippen LogP contribution in [0.4, 0.5) is 0 Å². The highest BCUT2D eigenvalue weighted by atomic mass is 16.7. The van der Waals surface area contributed by atoms with E-state index in [4.69, 9.17) is 20.6 Å². The molecule has 4 nitrogen and oxygen atoms in total. The molecule has 4 heteroatoms. The van der Waals surface area contributed by atoms with Gasteiger partial charge in [0.1, 0.15) is 5.92 Å². The van der Waals surface area contributed by atoms with Crippen LogP contribution in [-0.2, 0) is 0 Å². The molecule has 0 bridgehead atoms. The summed E-state index contributed by atoms with van der Waals surface area (Å²) < 4.78 is 0. The van der Waals surface area contributed by atoms with Crippen LogP contribution in [0, 0.1) is 17.2 Å². The Morgan fingerprint density at radius 3 is 2.00 bits per heavy atom. The molecule has 0 radical (unpaired) electrons. The van der Waals surface area contributed by atoms with Crippen molar-refractivity contribution in [1.82, 2.24) is 0 Å². The van der Waals surface area contributed by atoms with Crippen LogP contribution < -0.4 is 0 Å². The van der Waals surface area contributed by atoms with Crippen molar-refractivity contribution in [3.63, 3.8) is 0 Å². The Morgan fingerprint density at radius 2 is 2.00 bits per heavy atom. The van der Waals surface area contributed by atoms with E-state index in [1.165, 1.54) is 0 Å². The number of nitriles is 1. The van der Waals surface area contributed by atoms with Crippen LogP contribution in [0.2, 0.25) is 0 Å². The number of aliphatic hydroxyl groups is 3. The van der Waals surface area contributed by atoms with E-state index in [1.54, 1.807) is 13.0 Å². The lowest BCUT2D eigenvalue weighted by Gasteiger charge is -2.17. The molecule has 3 N–H and O–H groups in total. The highest BCUT2D eigenvalue weighted by Crippen LogP contribution is 2.12. The second-order valence-corrected chi connectivity index (χ2v) is 1.78. The van der Waals surface area contributed by atoms with Gasteiger partial charge in [-0.1, -0.05) is 6.92 Å². The van der Waals surface area contributed by atoms with E-state index in [9.17, 15) is 0 Å². The van der Waals surface area contributed by atoms with Gasteiger partial charge in [-0.15, -0.1) is 0 Å². The second-order valence-electron chi connectivity index (χ2n) is 1.78. The van der Waals surface area contributed by atoms with Crippen molar-refractivity contribution in [3.8, 4) is 6.07 Å². The van der Waals surface area contributed by atoms with E-state index in [0.29, 0.717) is 0 Å². The van der Waals surface area contributed by atoms with Gasteiger partial charge in [0.2, 0.25) is 0 Å². The van der Waals surface area contributed by atoms with Crippen molar-refractivity contribution in [2.45, 2.75) is 19.3 Å². The fourth-order valence-electron chi connectivity index (χ4n) is 0.452. The summed E-state index contributed by atoms with van der Waals surface area (Å²) in [6.07, 6.45) is 0.208. The maximum absolute atomic E-state index is 8.37. The Balaban J connectivity index is 4.00. The normalized spacial score (nSPS) is 14.6. The summed E-state index contributed by atoms with van der Waals surface area (Å²) in [5.41, 5.74) is 0. The van der Waals surface area contributed by atoms with Crippen molar-refractivity contribution in [1.29, 1.82) is 5.26 Å². The monoisotopic (exact) mass is 131 g/mol. The van der Waals surface area contributed by atoms with Crippen LogP contribution in [0.1, 0.15) is 13.3 Å². The second kappa shape index (κ2) is 2.78. The molecular formula is C5H9NO3. The van der Waals surface area contributed by atoms with Gasteiger partial charge in [0.15, 0.2) is 0 Å². The Kier molecular flexibility index (Phi) is 2.59. The molecule has 0 aromatic rings. The molecule has 0 heterocycles. The molecule has 0 aliphatic heterocycles. The quantitative estimate of drug-likeness (QED) is 0.427. The fraction of sp³-hybridized carbons (Fsp3) is 0.800. The Labute approximate surface area is 53.0 Å². The highest BCUT2D eigenvalue weighted by Gasteiger charge is 2.30.